The average molecular weight is 326 g/mol. The van der Waals surface area contributed by atoms with Crippen LogP contribution in [-0.2, 0) is 4.74 Å². The van der Waals surface area contributed by atoms with Gasteiger partial charge in [-0.25, -0.2) is 4.39 Å². The van der Waals surface area contributed by atoms with E-state index in [1.807, 2.05) is 0 Å². The first kappa shape index (κ1) is 16.0. The Bertz CT molecular complexity index is 499. The quantitative estimate of drug-likeness (QED) is 0.912. The van der Waals surface area contributed by atoms with Gasteiger partial charge < -0.3 is 10.1 Å². The maximum atomic E-state index is 13.4. The molecule has 3 rings (SSSR count). The molecular formula is C17H23ClFN2O. The second-order valence-corrected chi connectivity index (χ2v) is 6.71. The first-order chi connectivity index (χ1) is 10.7. The standard InChI is InChI=1S/C17H23ClFN2O/c18-15-12-14(4-5-16(15)19)20-17(6-2-1-3-7-17)13-21-8-10-22-11-9-21/h2,4-5,12,20H,1,3,6-11,13H2. The predicted octanol–water partition coefficient (Wildman–Crippen LogP) is 3.74. The van der Waals surface area contributed by atoms with Crippen LogP contribution in [0.2, 0.25) is 5.02 Å². The molecular weight excluding hydrogens is 303 g/mol. The summed E-state index contributed by atoms with van der Waals surface area (Å²) in [7, 11) is 0. The zero-order valence-corrected chi connectivity index (χ0v) is 13.5. The van der Waals surface area contributed by atoms with Gasteiger partial charge in [0.05, 0.1) is 23.8 Å². The molecule has 1 unspecified atom stereocenters. The van der Waals surface area contributed by atoms with Crippen molar-refractivity contribution in [2.45, 2.75) is 31.2 Å². The highest BCUT2D eigenvalue weighted by atomic mass is 35.5. The number of anilines is 1. The molecule has 0 aromatic heterocycles. The number of hydrogen-bond acceptors (Lipinski definition) is 3. The molecule has 1 heterocycles. The average Bonchev–Trinajstić information content (AvgIpc) is 2.53. The fourth-order valence-corrected chi connectivity index (χ4v) is 3.61. The Kier molecular flexibility index (Phi) is 5.21. The molecule has 1 aliphatic heterocycles. The molecule has 5 heteroatoms. The molecule has 0 bridgehead atoms. The molecule has 22 heavy (non-hydrogen) atoms. The first-order valence-corrected chi connectivity index (χ1v) is 8.40. The number of ether oxygens (including phenoxy) is 1. The van der Waals surface area contributed by atoms with Crippen LogP contribution in [0.1, 0.15) is 25.7 Å². The van der Waals surface area contributed by atoms with Crippen LogP contribution >= 0.6 is 11.6 Å². The van der Waals surface area contributed by atoms with Crippen LogP contribution < -0.4 is 5.32 Å². The second kappa shape index (κ2) is 7.16. The van der Waals surface area contributed by atoms with Gasteiger partial charge in [-0.15, -0.1) is 0 Å². The molecule has 0 spiro atoms. The van der Waals surface area contributed by atoms with Crippen LogP contribution in [0.25, 0.3) is 0 Å². The van der Waals surface area contributed by atoms with E-state index in [4.69, 9.17) is 16.3 Å². The van der Waals surface area contributed by atoms with Gasteiger partial charge in [-0.05, 0) is 37.5 Å². The molecule has 2 fully saturated rings. The van der Waals surface area contributed by atoms with Crippen LogP contribution in [-0.4, -0.2) is 43.3 Å². The number of morpholine rings is 1. The molecule has 1 aromatic rings. The lowest BCUT2D eigenvalue weighted by atomic mass is 9.80. The van der Waals surface area contributed by atoms with E-state index in [1.165, 1.54) is 18.9 Å². The SMILES string of the molecule is Fc1ccc(NC2(CN3CCOCC3)C[CH]CCC2)cc1Cl. The molecule has 121 valence electrons. The summed E-state index contributed by atoms with van der Waals surface area (Å²) in [4.78, 5) is 2.46. The number of nitrogens with zero attached hydrogens (tertiary/aromatic N) is 1. The molecule has 3 nitrogen and oxygen atoms in total. The number of benzene rings is 1. The molecule has 1 aliphatic carbocycles. The highest BCUT2D eigenvalue weighted by Gasteiger charge is 2.34. The van der Waals surface area contributed by atoms with Crippen molar-refractivity contribution < 1.29 is 9.13 Å². The first-order valence-electron chi connectivity index (χ1n) is 8.02. The minimum atomic E-state index is -0.371. The molecule has 1 aromatic carbocycles. The van der Waals surface area contributed by atoms with Gasteiger partial charge in [0.2, 0.25) is 0 Å². The summed E-state index contributed by atoms with van der Waals surface area (Å²) in [6.45, 7) is 4.56. The molecule has 2 aliphatic rings. The fraction of sp³-hybridized carbons (Fsp3) is 0.588. The highest BCUT2D eigenvalue weighted by molar-refractivity contribution is 6.31. The van der Waals surface area contributed by atoms with Crippen molar-refractivity contribution in [1.82, 2.24) is 4.90 Å². The van der Waals surface area contributed by atoms with Gasteiger partial charge in [0.1, 0.15) is 5.82 Å². The van der Waals surface area contributed by atoms with Crippen LogP contribution in [0.15, 0.2) is 18.2 Å². The smallest absolute Gasteiger partial charge is 0.141 e. The van der Waals surface area contributed by atoms with Crippen molar-refractivity contribution in [3.8, 4) is 0 Å². The minimum Gasteiger partial charge on any atom is -0.379 e. The van der Waals surface area contributed by atoms with Gasteiger partial charge >= 0.3 is 0 Å². The Hall–Kier alpha value is -0.840. The third-order valence-electron chi connectivity index (χ3n) is 4.56. The van der Waals surface area contributed by atoms with E-state index in [9.17, 15) is 4.39 Å². The summed E-state index contributed by atoms with van der Waals surface area (Å²) in [6, 6.07) is 4.89. The zero-order chi connectivity index (χ0) is 15.4. The van der Waals surface area contributed by atoms with E-state index in [2.05, 4.69) is 16.6 Å². The van der Waals surface area contributed by atoms with E-state index in [0.29, 0.717) is 0 Å². The summed E-state index contributed by atoms with van der Waals surface area (Å²) in [5.41, 5.74) is 0.909. The number of halogens is 2. The van der Waals surface area contributed by atoms with Gasteiger partial charge in [-0.1, -0.05) is 24.4 Å². The Morgan fingerprint density at radius 3 is 2.82 bits per heavy atom. The van der Waals surface area contributed by atoms with Gasteiger partial charge in [-0.2, -0.15) is 0 Å². The molecule has 1 radical (unpaired) electrons. The Balaban J connectivity index is 1.74. The van der Waals surface area contributed by atoms with Crippen molar-refractivity contribution >= 4 is 17.3 Å². The van der Waals surface area contributed by atoms with Gasteiger partial charge in [0, 0.05) is 25.3 Å². The van der Waals surface area contributed by atoms with Crippen LogP contribution in [0.5, 0.6) is 0 Å². The maximum absolute atomic E-state index is 13.4. The van der Waals surface area contributed by atoms with E-state index >= 15 is 0 Å². The third kappa shape index (κ3) is 3.92. The summed E-state index contributed by atoms with van der Waals surface area (Å²) in [6.07, 6.45) is 6.88. The summed E-state index contributed by atoms with van der Waals surface area (Å²) in [5.74, 6) is -0.371. The van der Waals surface area contributed by atoms with Crippen molar-refractivity contribution in [2.75, 3.05) is 38.2 Å². The van der Waals surface area contributed by atoms with Crippen LogP contribution in [0.3, 0.4) is 0 Å². The van der Waals surface area contributed by atoms with Crippen molar-refractivity contribution in [1.29, 1.82) is 0 Å². The minimum absolute atomic E-state index is 0.0107. The lowest BCUT2D eigenvalue weighted by Gasteiger charge is -2.43. The Morgan fingerprint density at radius 1 is 1.32 bits per heavy atom. The summed E-state index contributed by atoms with van der Waals surface area (Å²) >= 11 is 5.92. The molecule has 1 saturated carbocycles. The van der Waals surface area contributed by atoms with Gasteiger partial charge in [0.25, 0.3) is 0 Å². The van der Waals surface area contributed by atoms with Crippen molar-refractivity contribution in [3.05, 3.63) is 35.5 Å². The summed E-state index contributed by atoms with van der Waals surface area (Å²) < 4.78 is 18.8. The lowest BCUT2D eigenvalue weighted by Crippen LogP contribution is -2.52. The largest absolute Gasteiger partial charge is 0.379 e. The lowest BCUT2D eigenvalue weighted by molar-refractivity contribution is 0.0273. The monoisotopic (exact) mass is 325 g/mol. The third-order valence-corrected chi connectivity index (χ3v) is 4.85. The van der Waals surface area contributed by atoms with E-state index in [0.717, 1.165) is 51.4 Å². The van der Waals surface area contributed by atoms with E-state index in [-0.39, 0.29) is 16.4 Å². The fourth-order valence-electron chi connectivity index (χ4n) is 3.43. The molecule has 0 amide bonds. The topological polar surface area (TPSA) is 24.5 Å². The van der Waals surface area contributed by atoms with E-state index < -0.39 is 0 Å². The van der Waals surface area contributed by atoms with Crippen molar-refractivity contribution in [2.24, 2.45) is 0 Å². The van der Waals surface area contributed by atoms with Gasteiger partial charge in [-0.3, -0.25) is 4.90 Å². The van der Waals surface area contributed by atoms with Crippen molar-refractivity contribution in [3.63, 3.8) is 0 Å². The highest BCUT2D eigenvalue weighted by Crippen LogP contribution is 2.33. The van der Waals surface area contributed by atoms with Crippen LogP contribution in [0, 0.1) is 12.2 Å². The van der Waals surface area contributed by atoms with E-state index in [1.54, 1.807) is 12.1 Å². The number of hydrogen-bond donors (Lipinski definition) is 1. The Labute approximate surface area is 136 Å². The number of rotatable bonds is 4. The molecule has 1 N–H and O–H groups in total. The summed E-state index contributed by atoms with van der Waals surface area (Å²) in [5, 5.41) is 3.82. The predicted molar refractivity (Wildman–Crippen MR) is 87.8 cm³/mol. The number of nitrogens with one attached hydrogen (secondary N) is 1. The second-order valence-electron chi connectivity index (χ2n) is 6.31. The molecule has 1 atom stereocenters. The van der Waals surface area contributed by atoms with Crippen LogP contribution in [0.4, 0.5) is 10.1 Å². The Morgan fingerprint density at radius 2 is 2.14 bits per heavy atom. The van der Waals surface area contributed by atoms with Gasteiger partial charge in [0.15, 0.2) is 0 Å². The maximum Gasteiger partial charge on any atom is 0.141 e. The zero-order valence-electron chi connectivity index (χ0n) is 12.8. The molecule has 1 saturated heterocycles. The normalized spacial score (nSPS) is 22.5.